The van der Waals surface area contributed by atoms with Crippen LogP contribution in [-0.2, 0) is 9.57 Å². The number of esters is 1. The molecule has 1 aromatic carbocycles. The van der Waals surface area contributed by atoms with E-state index < -0.39 is 23.7 Å². The summed E-state index contributed by atoms with van der Waals surface area (Å²) >= 11 is 0. The molecule has 0 aliphatic rings. The third-order valence-electron chi connectivity index (χ3n) is 2.02. The lowest BCUT2D eigenvalue weighted by Crippen LogP contribution is -2.18. The molecule has 0 bridgehead atoms. The molecule has 7 heteroatoms. The number of Topliss-reactive ketones (excluding diaryl/α,β-unsaturated/α-hetero) is 1. The first-order valence-electron chi connectivity index (χ1n) is 5.14. The van der Waals surface area contributed by atoms with Crippen molar-refractivity contribution in [2.45, 2.75) is 6.92 Å². The van der Waals surface area contributed by atoms with Crippen LogP contribution in [-0.4, -0.2) is 35.6 Å². The van der Waals surface area contributed by atoms with Crippen LogP contribution in [0.25, 0.3) is 0 Å². The van der Waals surface area contributed by atoms with E-state index in [1.165, 1.54) is 24.3 Å². The summed E-state index contributed by atoms with van der Waals surface area (Å²) < 4.78 is 4.78. The second kappa shape index (κ2) is 6.82. The minimum absolute atomic E-state index is 0.255. The van der Waals surface area contributed by atoms with Crippen molar-refractivity contribution in [2.75, 3.05) is 13.2 Å². The second-order valence-electron chi connectivity index (χ2n) is 3.23. The van der Waals surface area contributed by atoms with E-state index in [-0.39, 0.29) is 12.2 Å². The van der Waals surface area contributed by atoms with E-state index in [1.807, 2.05) is 0 Å². The highest BCUT2D eigenvalue weighted by atomic mass is 17.1. The molecule has 7 nitrogen and oxygen atoms in total. The van der Waals surface area contributed by atoms with E-state index in [0.717, 1.165) is 0 Å². The van der Waals surface area contributed by atoms with Crippen molar-refractivity contribution in [1.82, 2.24) is 5.39 Å². The highest BCUT2D eigenvalue weighted by molar-refractivity contribution is 5.98. The molecule has 18 heavy (non-hydrogen) atoms. The van der Waals surface area contributed by atoms with Crippen LogP contribution in [0.4, 0.5) is 0 Å². The molecule has 0 amide bonds. The second-order valence-corrected chi connectivity index (χ2v) is 3.23. The van der Waals surface area contributed by atoms with Gasteiger partial charge in [-0.05, 0) is 19.1 Å². The average molecular weight is 254 g/mol. The summed E-state index contributed by atoms with van der Waals surface area (Å²) in [6.45, 7) is 1.37. The maximum atomic E-state index is 11.4. The Labute approximate surface area is 103 Å². The van der Waals surface area contributed by atoms with Crippen molar-refractivity contribution in [3.63, 3.8) is 0 Å². The molecule has 1 rings (SSSR count). The molecule has 0 radical (unpaired) electrons. The van der Waals surface area contributed by atoms with Crippen LogP contribution >= 0.6 is 0 Å². The van der Waals surface area contributed by atoms with Crippen molar-refractivity contribution in [1.29, 1.82) is 0 Å². The molecular formula is C11H12NO6-. The Balaban J connectivity index is 2.65. The fraction of sp³-hybridized carbons (Fsp3) is 0.273. The molecule has 0 aliphatic heterocycles. The first kappa shape index (κ1) is 14.3. The summed E-state index contributed by atoms with van der Waals surface area (Å²) in [7, 11) is 0. The lowest BCUT2D eigenvalue weighted by atomic mass is 10.1. The zero-order chi connectivity index (χ0) is 13.5. The summed E-state index contributed by atoms with van der Waals surface area (Å²) in [6.07, 6.45) is 0. The van der Waals surface area contributed by atoms with Gasteiger partial charge < -0.3 is 15.2 Å². The molecule has 98 valence electrons. The summed E-state index contributed by atoms with van der Waals surface area (Å²) in [4.78, 5) is 26.8. The molecule has 0 fully saturated rings. The Morgan fingerprint density at radius 2 is 1.83 bits per heavy atom. The van der Waals surface area contributed by atoms with E-state index in [9.17, 15) is 14.8 Å². The van der Waals surface area contributed by atoms with Crippen molar-refractivity contribution in [3.05, 3.63) is 40.6 Å². The summed E-state index contributed by atoms with van der Waals surface area (Å²) in [5.41, 5.74) is 0.576. The smallest absolute Gasteiger partial charge is 0.338 e. The minimum Gasteiger partial charge on any atom is -0.738 e. The zero-order valence-electron chi connectivity index (χ0n) is 9.66. The van der Waals surface area contributed by atoms with Gasteiger partial charge in [0.25, 0.3) is 0 Å². The maximum absolute atomic E-state index is 11.4. The molecule has 0 aliphatic carbocycles. The van der Waals surface area contributed by atoms with E-state index in [4.69, 9.17) is 9.94 Å². The van der Waals surface area contributed by atoms with Crippen LogP contribution in [0, 0.1) is 5.21 Å². The van der Waals surface area contributed by atoms with Gasteiger partial charge >= 0.3 is 5.97 Å². The number of nitrogens with zero attached hydrogens (tertiary/aromatic N) is 1. The molecule has 0 heterocycles. The predicted molar refractivity (Wildman–Crippen MR) is 59.7 cm³/mol. The molecular weight excluding hydrogens is 242 g/mol. The van der Waals surface area contributed by atoms with Gasteiger partial charge in [0.05, 0.1) is 12.2 Å². The van der Waals surface area contributed by atoms with Crippen molar-refractivity contribution >= 4 is 11.8 Å². The molecule has 0 aromatic heterocycles. The molecule has 0 atom stereocenters. The maximum Gasteiger partial charge on any atom is 0.338 e. The Morgan fingerprint density at radius 3 is 2.33 bits per heavy atom. The van der Waals surface area contributed by atoms with Crippen molar-refractivity contribution < 1.29 is 24.4 Å². The largest absolute Gasteiger partial charge is 0.738 e. The first-order valence-corrected chi connectivity index (χ1v) is 5.14. The molecule has 0 spiro atoms. The third-order valence-corrected chi connectivity index (χ3v) is 2.02. The van der Waals surface area contributed by atoms with Crippen LogP contribution in [0.15, 0.2) is 24.3 Å². The van der Waals surface area contributed by atoms with Crippen LogP contribution in [0.1, 0.15) is 27.6 Å². The highest BCUT2D eigenvalue weighted by Crippen LogP contribution is 2.07. The van der Waals surface area contributed by atoms with Gasteiger partial charge in [-0.25, -0.2) is 4.79 Å². The number of carbonyl (C=O) groups excluding carboxylic acids is 2. The van der Waals surface area contributed by atoms with Gasteiger partial charge in [-0.15, -0.1) is 5.39 Å². The third kappa shape index (κ3) is 4.22. The number of hydrogen-bond acceptors (Lipinski definition) is 7. The highest BCUT2D eigenvalue weighted by Gasteiger charge is 2.09. The van der Waals surface area contributed by atoms with E-state index in [0.29, 0.717) is 5.56 Å². The SMILES string of the molecule is CCOC(=O)c1ccc(C(=O)CON([O-])O)cc1. The number of benzene rings is 1. The zero-order valence-corrected chi connectivity index (χ0v) is 9.66. The Morgan fingerprint density at radius 1 is 1.28 bits per heavy atom. The molecule has 0 saturated carbocycles. The topological polar surface area (TPSA) is 99.1 Å². The fourth-order valence-corrected chi connectivity index (χ4v) is 1.20. The molecule has 1 N–H and O–H groups in total. The predicted octanol–water partition coefficient (Wildman–Crippen LogP) is 1.17. The molecule has 0 saturated heterocycles. The van der Waals surface area contributed by atoms with E-state index >= 15 is 0 Å². The minimum atomic E-state index is -0.787. The van der Waals surface area contributed by atoms with Crippen molar-refractivity contribution in [3.8, 4) is 0 Å². The number of ether oxygens (including phenoxy) is 1. The lowest BCUT2D eigenvalue weighted by molar-refractivity contribution is -0.298. The van der Waals surface area contributed by atoms with Gasteiger partial charge in [-0.1, -0.05) is 12.1 Å². The van der Waals surface area contributed by atoms with Gasteiger partial charge in [0.15, 0.2) is 5.78 Å². The summed E-state index contributed by atoms with van der Waals surface area (Å²) in [5, 5.41) is 17.4. The van der Waals surface area contributed by atoms with Gasteiger partial charge in [0.1, 0.15) is 6.61 Å². The van der Waals surface area contributed by atoms with E-state index in [2.05, 4.69) is 4.84 Å². The van der Waals surface area contributed by atoms with Crippen LogP contribution in [0.5, 0.6) is 0 Å². The Bertz CT molecular complexity index is 414. The van der Waals surface area contributed by atoms with Gasteiger partial charge in [-0.3, -0.25) is 9.63 Å². The Hall–Kier alpha value is -1.80. The van der Waals surface area contributed by atoms with Crippen LogP contribution in [0.3, 0.4) is 0 Å². The number of ketones is 1. The lowest BCUT2D eigenvalue weighted by Gasteiger charge is -2.17. The normalized spacial score (nSPS) is 10.4. The summed E-state index contributed by atoms with van der Waals surface area (Å²) in [5.74, 6) is -0.978. The van der Waals surface area contributed by atoms with Crippen LogP contribution in [0.2, 0.25) is 0 Å². The van der Waals surface area contributed by atoms with Gasteiger partial charge in [0, 0.05) is 5.56 Å². The van der Waals surface area contributed by atoms with E-state index in [1.54, 1.807) is 6.92 Å². The van der Waals surface area contributed by atoms with Crippen LogP contribution < -0.4 is 0 Å². The number of carbonyl (C=O) groups is 2. The number of hydrogen-bond donors (Lipinski definition) is 1. The monoisotopic (exact) mass is 254 g/mol. The van der Waals surface area contributed by atoms with Gasteiger partial charge in [0.2, 0.25) is 0 Å². The molecule has 0 unspecified atom stereocenters. The van der Waals surface area contributed by atoms with Crippen molar-refractivity contribution in [2.24, 2.45) is 0 Å². The standard InChI is InChI=1S/C11H12NO6/c1-2-17-11(14)9-5-3-8(4-6-9)10(13)7-18-12(15)16/h3-6,15H,2,7H2,1H3/q-1. The number of rotatable bonds is 6. The average Bonchev–Trinajstić information content (AvgIpc) is 2.36. The molecule has 1 aromatic rings. The van der Waals surface area contributed by atoms with Gasteiger partial charge in [-0.2, -0.15) is 0 Å². The fourth-order valence-electron chi connectivity index (χ4n) is 1.20. The first-order chi connectivity index (χ1) is 8.54. The quantitative estimate of drug-likeness (QED) is 0.462. The Kier molecular flexibility index (Phi) is 5.40. The summed E-state index contributed by atoms with van der Waals surface area (Å²) in [6, 6.07) is 5.67.